The highest BCUT2D eigenvalue weighted by Crippen LogP contribution is 2.23. The molecule has 0 aromatic heterocycles. The molecule has 2 rings (SSSR count). The van der Waals surface area contributed by atoms with E-state index in [0.717, 1.165) is 6.42 Å². The van der Waals surface area contributed by atoms with Gasteiger partial charge in [-0.1, -0.05) is 0 Å². The van der Waals surface area contributed by atoms with Crippen LogP contribution in [0.3, 0.4) is 0 Å². The maximum absolute atomic E-state index is 11.4. The highest BCUT2D eigenvalue weighted by Gasteiger charge is 2.35. The van der Waals surface area contributed by atoms with Gasteiger partial charge in [0.25, 0.3) is 0 Å². The largest absolute Gasteiger partial charge is 0.479 e. The molecule has 2 aliphatic rings. The van der Waals surface area contributed by atoms with E-state index in [-0.39, 0.29) is 23.7 Å². The van der Waals surface area contributed by atoms with Crippen molar-refractivity contribution in [2.24, 2.45) is 0 Å². The summed E-state index contributed by atoms with van der Waals surface area (Å²) < 4.78 is 28.2. The minimum atomic E-state index is -2.87. The van der Waals surface area contributed by atoms with Crippen LogP contribution in [0, 0.1) is 0 Å². The molecule has 3 atom stereocenters. The van der Waals surface area contributed by atoms with E-state index < -0.39 is 21.9 Å². The van der Waals surface area contributed by atoms with E-state index in [9.17, 15) is 13.2 Å². The van der Waals surface area contributed by atoms with Crippen LogP contribution in [0.15, 0.2) is 0 Å². The summed E-state index contributed by atoms with van der Waals surface area (Å²) in [5, 5.41) is 8.83. The molecule has 0 aromatic rings. The van der Waals surface area contributed by atoms with Crippen LogP contribution in [0.1, 0.15) is 19.3 Å². The van der Waals surface area contributed by atoms with Crippen molar-refractivity contribution in [2.75, 3.05) is 25.1 Å². The average Bonchev–Trinajstić information content (AvgIpc) is 2.84. The molecule has 0 saturated carbocycles. The molecule has 0 radical (unpaired) electrons. The van der Waals surface area contributed by atoms with Gasteiger partial charge in [0.1, 0.15) is 0 Å². The van der Waals surface area contributed by atoms with Gasteiger partial charge in [-0.3, -0.25) is 4.90 Å². The second kappa shape index (κ2) is 5.14. The van der Waals surface area contributed by atoms with E-state index in [1.165, 1.54) is 0 Å². The Bertz CT molecular complexity index is 421. The Hall–Kier alpha value is -0.660. The molecule has 0 spiro atoms. The fourth-order valence-electron chi connectivity index (χ4n) is 2.61. The maximum Gasteiger partial charge on any atom is 0.332 e. The Morgan fingerprint density at radius 2 is 2.11 bits per heavy atom. The lowest BCUT2D eigenvalue weighted by Crippen LogP contribution is -2.38. The molecule has 7 heteroatoms. The highest BCUT2D eigenvalue weighted by atomic mass is 32.2. The molecule has 6 nitrogen and oxygen atoms in total. The van der Waals surface area contributed by atoms with Crippen molar-refractivity contribution in [3.05, 3.63) is 0 Å². The molecule has 2 fully saturated rings. The first kappa shape index (κ1) is 13.8. The Labute approximate surface area is 107 Å². The van der Waals surface area contributed by atoms with Crippen LogP contribution in [0.2, 0.25) is 0 Å². The van der Waals surface area contributed by atoms with Gasteiger partial charge in [0.15, 0.2) is 15.9 Å². The normalized spacial score (nSPS) is 35.1. The van der Waals surface area contributed by atoms with Gasteiger partial charge in [-0.2, -0.15) is 0 Å². The summed E-state index contributed by atoms with van der Waals surface area (Å²) in [6, 6.07) is 0.0440. The van der Waals surface area contributed by atoms with Crippen LogP contribution in [-0.4, -0.2) is 67.7 Å². The number of likely N-dealkylation sites (N-methyl/N-ethyl adjacent to an activating group) is 1. The third kappa shape index (κ3) is 3.21. The number of carboxylic acids is 1. The molecular weight excluding hydrogens is 258 g/mol. The Balaban J connectivity index is 1.82. The van der Waals surface area contributed by atoms with Gasteiger partial charge in [0.2, 0.25) is 0 Å². The van der Waals surface area contributed by atoms with Crippen molar-refractivity contribution in [2.45, 2.75) is 37.5 Å². The first-order valence-electron chi connectivity index (χ1n) is 6.16. The Morgan fingerprint density at radius 1 is 1.39 bits per heavy atom. The van der Waals surface area contributed by atoms with Crippen molar-refractivity contribution < 1.29 is 23.1 Å². The van der Waals surface area contributed by atoms with Gasteiger partial charge in [0.05, 0.1) is 17.6 Å². The zero-order chi connectivity index (χ0) is 13.3. The Kier molecular flexibility index (Phi) is 3.93. The monoisotopic (exact) mass is 277 g/mol. The second-order valence-corrected chi connectivity index (χ2v) is 7.39. The minimum Gasteiger partial charge on any atom is -0.479 e. The molecule has 2 saturated heterocycles. The van der Waals surface area contributed by atoms with Gasteiger partial charge in [-0.15, -0.1) is 0 Å². The summed E-state index contributed by atoms with van der Waals surface area (Å²) in [5.74, 6) is -0.451. The third-order valence-electron chi connectivity index (χ3n) is 3.71. The average molecular weight is 277 g/mol. The first-order chi connectivity index (χ1) is 8.37. The van der Waals surface area contributed by atoms with E-state index in [1.807, 2.05) is 11.9 Å². The molecule has 18 heavy (non-hydrogen) atoms. The van der Waals surface area contributed by atoms with Crippen molar-refractivity contribution in [1.29, 1.82) is 0 Å². The van der Waals surface area contributed by atoms with E-state index >= 15 is 0 Å². The number of sulfone groups is 1. The SMILES string of the molecule is CN(CC1CCC(C(=O)O)O1)C1CCS(=O)(=O)C1. The van der Waals surface area contributed by atoms with Crippen molar-refractivity contribution in [3.63, 3.8) is 0 Å². The number of hydrogen-bond donors (Lipinski definition) is 1. The van der Waals surface area contributed by atoms with Crippen LogP contribution in [0.4, 0.5) is 0 Å². The number of ether oxygens (including phenoxy) is 1. The highest BCUT2D eigenvalue weighted by molar-refractivity contribution is 7.91. The Morgan fingerprint density at radius 3 is 2.61 bits per heavy atom. The maximum atomic E-state index is 11.4. The molecule has 0 aliphatic carbocycles. The standard InChI is InChI=1S/C11H19NO5S/c1-12(8-4-5-18(15,16)7-8)6-9-2-3-10(17-9)11(13)14/h8-10H,2-7H2,1H3,(H,13,14). The van der Waals surface area contributed by atoms with Crippen molar-refractivity contribution >= 4 is 15.8 Å². The van der Waals surface area contributed by atoms with Crippen LogP contribution in [0.5, 0.6) is 0 Å². The quantitative estimate of drug-likeness (QED) is 0.762. The number of carbonyl (C=O) groups is 1. The fourth-order valence-corrected chi connectivity index (χ4v) is 4.42. The smallest absolute Gasteiger partial charge is 0.332 e. The summed E-state index contributed by atoms with van der Waals surface area (Å²) in [5.41, 5.74) is 0. The van der Waals surface area contributed by atoms with Gasteiger partial charge in [-0.25, -0.2) is 13.2 Å². The molecule has 0 aromatic carbocycles. The predicted octanol–water partition coefficient (Wildman–Crippen LogP) is -0.262. The lowest BCUT2D eigenvalue weighted by atomic mass is 10.1. The molecule has 2 aliphatic heterocycles. The second-order valence-electron chi connectivity index (χ2n) is 5.16. The zero-order valence-electron chi connectivity index (χ0n) is 10.4. The summed E-state index contributed by atoms with van der Waals surface area (Å²) in [6.45, 7) is 0.601. The summed E-state index contributed by atoms with van der Waals surface area (Å²) in [7, 11) is -0.997. The van der Waals surface area contributed by atoms with E-state index in [0.29, 0.717) is 19.4 Å². The number of hydrogen-bond acceptors (Lipinski definition) is 5. The number of nitrogens with zero attached hydrogens (tertiary/aromatic N) is 1. The van der Waals surface area contributed by atoms with Gasteiger partial charge < -0.3 is 9.84 Å². The molecule has 0 amide bonds. The van der Waals surface area contributed by atoms with Gasteiger partial charge >= 0.3 is 5.97 Å². The molecule has 104 valence electrons. The fraction of sp³-hybridized carbons (Fsp3) is 0.909. The van der Waals surface area contributed by atoms with E-state index in [4.69, 9.17) is 9.84 Å². The van der Waals surface area contributed by atoms with Crippen LogP contribution in [-0.2, 0) is 19.4 Å². The molecule has 3 unspecified atom stereocenters. The lowest BCUT2D eigenvalue weighted by molar-refractivity contribution is -0.149. The molecule has 0 bridgehead atoms. The van der Waals surface area contributed by atoms with E-state index in [1.54, 1.807) is 0 Å². The predicted molar refractivity (Wildman–Crippen MR) is 65.2 cm³/mol. The van der Waals surface area contributed by atoms with Gasteiger partial charge in [0, 0.05) is 12.6 Å². The zero-order valence-corrected chi connectivity index (χ0v) is 11.2. The molecule has 2 heterocycles. The van der Waals surface area contributed by atoms with E-state index in [2.05, 4.69) is 0 Å². The van der Waals surface area contributed by atoms with Crippen LogP contribution >= 0.6 is 0 Å². The first-order valence-corrected chi connectivity index (χ1v) is 7.98. The molecular formula is C11H19NO5S. The number of rotatable bonds is 4. The van der Waals surface area contributed by atoms with Gasteiger partial charge in [-0.05, 0) is 26.3 Å². The third-order valence-corrected chi connectivity index (χ3v) is 5.46. The number of carboxylic acid groups (broad SMARTS) is 1. The van der Waals surface area contributed by atoms with Crippen molar-refractivity contribution in [1.82, 2.24) is 4.90 Å². The number of aliphatic carboxylic acids is 1. The van der Waals surface area contributed by atoms with Crippen LogP contribution < -0.4 is 0 Å². The summed E-state index contributed by atoms with van der Waals surface area (Å²) in [4.78, 5) is 12.7. The minimum absolute atomic E-state index is 0.0440. The van der Waals surface area contributed by atoms with Crippen LogP contribution in [0.25, 0.3) is 0 Å². The summed E-state index contributed by atoms with van der Waals surface area (Å²) in [6.07, 6.45) is 1.13. The summed E-state index contributed by atoms with van der Waals surface area (Å²) >= 11 is 0. The topological polar surface area (TPSA) is 83.9 Å². The van der Waals surface area contributed by atoms with Crippen molar-refractivity contribution in [3.8, 4) is 0 Å². The molecule has 1 N–H and O–H groups in total. The lowest BCUT2D eigenvalue weighted by Gasteiger charge is -2.25.